The number of rotatable bonds is 8. The second kappa shape index (κ2) is 14.4. The highest BCUT2D eigenvalue weighted by Gasteiger charge is 2.45. The first-order chi connectivity index (χ1) is 21.9. The van der Waals surface area contributed by atoms with Gasteiger partial charge >= 0.3 is 6.03 Å². The highest BCUT2D eigenvalue weighted by Crippen LogP contribution is 2.38. The van der Waals surface area contributed by atoms with Crippen LogP contribution in [0.3, 0.4) is 0 Å². The lowest BCUT2D eigenvalue weighted by Gasteiger charge is -2.39. The zero-order chi connectivity index (χ0) is 31.3. The molecule has 2 aromatic carbocycles. The molecule has 1 atom stereocenters. The van der Waals surface area contributed by atoms with E-state index in [9.17, 15) is 14.4 Å². The van der Waals surface area contributed by atoms with Crippen LogP contribution in [0.4, 0.5) is 4.79 Å². The minimum Gasteiger partial charge on any atom is -0.354 e. The van der Waals surface area contributed by atoms with Crippen LogP contribution >= 0.6 is 0 Å². The van der Waals surface area contributed by atoms with Crippen molar-refractivity contribution in [2.24, 2.45) is 5.92 Å². The Hall–Kier alpha value is -3.39. The molecule has 2 aromatic rings. The lowest BCUT2D eigenvalue weighted by atomic mass is 9.94. The zero-order valence-corrected chi connectivity index (χ0v) is 27.2. The van der Waals surface area contributed by atoms with E-state index in [2.05, 4.69) is 62.5 Å². The Morgan fingerprint density at radius 3 is 2.11 bits per heavy atom. The number of hydrogen-bond acceptors (Lipinski definition) is 4. The molecule has 3 aliphatic heterocycles. The third-order valence-electron chi connectivity index (χ3n) is 10.5. The predicted octanol–water partition coefficient (Wildman–Crippen LogP) is 5.84. The Morgan fingerprint density at radius 2 is 1.47 bits per heavy atom. The van der Waals surface area contributed by atoms with Crippen molar-refractivity contribution in [2.75, 3.05) is 32.7 Å². The van der Waals surface area contributed by atoms with Gasteiger partial charge in [0.1, 0.15) is 0 Å². The quantitative estimate of drug-likeness (QED) is 0.406. The molecule has 8 nitrogen and oxygen atoms in total. The van der Waals surface area contributed by atoms with E-state index in [0.29, 0.717) is 37.5 Å². The summed E-state index contributed by atoms with van der Waals surface area (Å²) in [7, 11) is 0. The average molecular weight is 614 g/mol. The van der Waals surface area contributed by atoms with E-state index in [0.717, 1.165) is 51.9 Å². The first-order valence-corrected chi connectivity index (χ1v) is 17.4. The van der Waals surface area contributed by atoms with Gasteiger partial charge in [-0.05, 0) is 75.6 Å². The first-order valence-electron chi connectivity index (χ1n) is 17.4. The van der Waals surface area contributed by atoms with Gasteiger partial charge in [-0.25, -0.2) is 4.79 Å². The molecule has 0 spiro atoms. The van der Waals surface area contributed by atoms with Gasteiger partial charge in [0.15, 0.2) is 0 Å². The molecule has 0 aromatic heterocycles. The highest BCUT2D eigenvalue weighted by atomic mass is 16.2. The maximum atomic E-state index is 13.9. The summed E-state index contributed by atoms with van der Waals surface area (Å²) >= 11 is 0. The number of carbonyl (C=O) groups excluding carboxylic acids is 3. The molecular formula is C37H51N5O3. The fourth-order valence-electron chi connectivity index (χ4n) is 7.98. The molecule has 6 rings (SSSR count). The lowest BCUT2D eigenvalue weighted by Crippen LogP contribution is -2.48. The number of benzene rings is 2. The maximum absolute atomic E-state index is 13.9. The molecule has 3 saturated heterocycles. The molecule has 1 saturated carbocycles. The zero-order valence-electron chi connectivity index (χ0n) is 27.2. The van der Waals surface area contributed by atoms with E-state index < -0.39 is 0 Å². The fraction of sp³-hybridized carbons (Fsp3) is 0.595. The van der Waals surface area contributed by atoms with Crippen LogP contribution in [0.25, 0.3) is 0 Å². The minimum atomic E-state index is -0.00777. The van der Waals surface area contributed by atoms with E-state index in [1.54, 1.807) is 0 Å². The van der Waals surface area contributed by atoms with E-state index in [4.69, 9.17) is 0 Å². The summed E-state index contributed by atoms with van der Waals surface area (Å²) in [6, 6.07) is 19.9. The van der Waals surface area contributed by atoms with Gasteiger partial charge in [0.25, 0.3) is 5.91 Å². The molecule has 0 bridgehead atoms. The largest absolute Gasteiger partial charge is 0.354 e. The summed E-state index contributed by atoms with van der Waals surface area (Å²) in [5, 5.41) is 3.00. The molecule has 0 unspecified atom stereocenters. The van der Waals surface area contributed by atoms with Gasteiger partial charge in [-0.15, -0.1) is 0 Å². The molecule has 4 aliphatic rings. The summed E-state index contributed by atoms with van der Waals surface area (Å²) in [5.41, 5.74) is 3.17. The van der Waals surface area contributed by atoms with Crippen molar-refractivity contribution < 1.29 is 14.4 Å². The Labute approximate surface area is 269 Å². The van der Waals surface area contributed by atoms with Gasteiger partial charge in [-0.2, -0.15) is 0 Å². The van der Waals surface area contributed by atoms with Crippen LogP contribution in [0.15, 0.2) is 54.6 Å². The van der Waals surface area contributed by atoms with Crippen molar-refractivity contribution in [3.63, 3.8) is 0 Å². The Balaban J connectivity index is 1.02. The van der Waals surface area contributed by atoms with Gasteiger partial charge in [-0.1, -0.05) is 61.7 Å². The molecule has 45 heavy (non-hydrogen) atoms. The number of nitrogens with zero attached hydrogens (tertiary/aromatic N) is 4. The van der Waals surface area contributed by atoms with Crippen LogP contribution in [0.1, 0.15) is 99.2 Å². The highest BCUT2D eigenvalue weighted by molar-refractivity contribution is 5.94. The molecule has 4 fully saturated rings. The Morgan fingerprint density at radius 1 is 0.800 bits per heavy atom. The van der Waals surface area contributed by atoms with Crippen molar-refractivity contribution in [2.45, 2.75) is 102 Å². The fourth-order valence-corrected chi connectivity index (χ4v) is 7.98. The molecule has 1 aliphatic carbocycles. The maximum Gasteiger partial charge on any atom is 0.321 e. The van der Waals surface area contributed by atoms with Crippen molar-refractivity contribution in [3.8, 4) is 0 Å². The van der Waals surface area contributed by atoms with Gasteiger partial charge in [0.05, 0.1) is 6.04 Å². The monoisotopic (exact) mass is 613 g/mol. The van der Waals surface area contributed by atoms with E-state index >= 15 is 0 Å². The molecule has 8 heteroatoms. The molecule has 1 N–H and O–H groups in total. The smallest absolute Gasteiger partial charge is 0.321 e. The van der Waals surface area contributed by atoms with E-state index in [-0.39, 0.29) is 41.9 Å². The standard InChI is InChI=1S/C37H51N5O3/c1-27(2)38-35(43)30-17-23-40(24-18-30)36(44)31-15-13-28(14-16-31)25-39-21-19-33(20-22-39)42-34(29-9-5-3-6-10-29)26-41(37(42)45)32-11-7-4-8-12-32/h3,5-6,9-10,13-16,27,30,32-34H,4,7-8,11-12,17-26H2,1-2H3,(H,38,43)/t34-/m0/s1. The second-order valence-corrected chi connectivity index (χ2v) is 14.0. The van der Waals surface area contributed by atoms with Crippen LogP contribution in [0.5, 0.6) is 0 Å². The third kappa shape index (κ3) is 7.37. The molecule has 3 heterocycles. The number of likely N-dealkylation sites (tertiary alicyclic amines) is 2. The molecule has 4 amide bonds. The lowest BCUT2D eigenvalue weighted by molar-refractivity contribution is -0.126. The Kier molecular flexibility index (Phi) is 10.1. The third-order valence-corrected chi connectivity index (χ3v) is 10.5. The van der Waals surface area contributed by atoms with Crippen molar-refractivity contribution in [1.82, 2.24) is 24.9 Å². The van der Waals surface area contributed by atoms with Crippen LogP contribution in [-0.4, -0.2) is 88.3 Å². The number of hydrogen-bond donors (Lipinski definition) is 1. The molecule has 0 radical (unpaired) electrons. The van der Waals surface area contributed by atoms with Gasteiger partial charge in [0.2, 0.25) is 5.91 Å². The molecule has 242 valence electrons. The van der Waals surface area contributed by atoms with Crippen LogP contribution in [-0.2, 0) is 11.3 Å². The van der Waals surface area contributed by atoms with Gasteiger partial charge in [0, 0.05) is 68.9 Å². The minimum absolute atomic E-state index is 0.00777. The summed E-state index contributed by atoms with van der Waals surface area (Å²) in [6.07, 6.45) is 9.42. The van der Waals surface area contributed by atoms with Gasteiger partial charge < -0.3 is 20.0 Å². The summed E-state index contributed by atoms with van der Waals surface area (Å²) in [4.78, 5) is 48.3. The van der Waals surface area contributed by atoms with Gasteiger partial charge in [-0.3, -0.25) is 14.5 Å². The van der Waals surface area contributed by atoms with Crippen molar-refractivity contribution in [3.05, 3.63) is 71.3 Å². The predicted molar refractivity (Wildman–Crippen MR) is 177 cm³/mol. The van der Waals surface area contributed by atoms with Crippen molar-refractivity contribution in [1.29, 1.82) is 0 Å². The first kappa shape index (κ1) is 31.6. The van der Waals surface area contributed by atoms with Crippen LogP contribution in [0, 0.1) is 5.92 Å². The summed E-state index contributed by atoms with van der Waals surface area (Å²) < 4.78 is 0. The summed E-state index contributed by atoms with van der Waals surface area (Å²) in [6.45, 7) is 8.77. The van der Waals surface area contributed by atoms with Crippen LogP contribution < -0.4 is 5.32 Å². The normalized spacial score (nSPS) is 22.8. The number of nitrogens with one attached hydrogen (secondary N) is 1. The average Bonchev–Trinajstić information content (AvgIpc) is 3.42. The number of amides is 4. The number of urea groups is 1. The number of carbonyl (C=O) groups is 3. The van der Waals surface area contributed by atoms with E-state index in [1.165, 1.54) is 30.4 Å². The summed E-state index contributed by atoms with van der Waals surface area (Å²) in [5.74, 6) is 0.150. The number of piperidine rings is 2. The SMILES string of the molecule is CC(C)NC(=O)C1CCN(C(=O)c2ccc(CN3CCC(N4C(=O)N(C5CCCCC5)C[C@H]4c4ccccc4)CC3)cc2)CC1. The van der Waals surface area contributed by atoms with Crippen molar-refractivity contribution >= 4 is 17.8 Å². The van der Waals surface area contributed by atoms with E-state index in [1.807, 2.05) is 30.9 Å². The Bertz CT molecular complexity index is 1290. The molecular weight excluding hydrogens is 562 g/mol. The second-order valence-electron chi connectivity index (χ2n) is 14.0. The topological polar surface area (TPSA) is 76.2 Å². The van der Waals surface area contributed by atoms with Crippen LogP contribution in [0.2, 0.25) is 0 Å².